The summed E-state index contributed by atoms with van der Waals surface area (Å²) >= 11 is 0. The standard InChI is InChI=1S/C12H24N2O2/c1-12(15,11-4-2-3-5-14-11)8-10-9-16-7-6-13-10/h10-11,13-15H,2-9H2,1H3. The van der Waals surface area contributed by atoms with Crippen molar-refractivity contribution in [2.45, 2.75) is 50.3 Å². The molecule has 0 spiro atoms. The van der Waals surface area contributed by atoms with Crippen molar-refractivity contribution < 1.29 is 9.84 Å². The molecule has 0 aromatic carbocycles. The maximum absolute atomic E-state index is 10.5. The molecule has 94 valence electrons. The summed E-state index contributed by atoms with van der Waals surface area (Å²) in [5.41, 5.74) is -0.626. The fourth-order valence-corrected chi connectivity index (χ4v) is 2.77. The van der Waals surface area contributed by atoms with Gasteiger partial charge in [-0.3, -0.25) is 0 Å². The van der Waals surface area contributed by atoms with E-state index in [0.29, 0.717) is 6.04 Å². The van der Waals surface area contributed by atoms with Gasteiger partial charge in [0.05, 0.1) is 18.8 Å². The van der Waals surface area contributed by atoms with E-state index in [9.17, 15) is 5.11 Å². The van der Waals surface area contributed by atoms with Gasteiger partial charge < -0.3 is 20.5 Å². The van der Waals surface area contributed by atoms with E-state index < -0.39 is 5.60 Å². The highest BCUT2D eigenvalue weighted by Gasteiger charge is 2.35. The first-order chi connectivity index (χ1) is 7.68. The Morgan fingerprint density at radius 3 is 2.81 bits per heavy atom. The second-order valence-corrected chi connectivity index (χ2v) is 5.29. The zero-order chi connectivity index (χ0) is 11.4. The Hall–Kier alpha value is -0.160. The van der Waals surface area contributed by atoms with Gasteiger partial charge in [0.25, 0.3) is 0 Å². The lowest BCUT2D eigenvalue weighted by molar-refractivity contribution is -0.0251. The molecule has 0 bridgehead atoms. The fraction of sp³-hybridized carbons (Fsp3) is 1.00. The van der Waals surface area contributed by atoms with Crippen LogP contribution in [0.15, 0.2) is 0 Å². The molecule has 0 radical (unpaired) electrons. The van der Waals surface area contributed by atoms with Crippen LogP contribution >= 0.6 is 0 Å². The Bertz CT molecular complexity index is 209. The molecule has 0 aromatic heterocycles. The van der Waals surface area contributed by atoms with E-state index in [4.69, 9.17) is 4.74 Å². The average Bonchev–Trinajstić information content (AvgIpc) is 2.31. The molecule has 3 atom stereocenters. The van der Waals surface area contributed by atoms with E-state index in [2.05, 4.69) is 10.6 Å². The van der Waals surface area contributed by atoms with Crippen LogP contribution in [0.2, 0.25) is 0 Å². The van der Waals surface area contributed by atoms with Crippen molar-refractivity contribution in [3.05, 3.63) is 0 Å². The molecule has 2 aliphatic heterocycles. The van der Waals surface area contributed by atoms with Gasteiger partial charge in [-0.2, -0.15) is 0 Å². The van der Waals surface area contributed by atoms with Crippen LogP contribution in [0.5, 0.6) is 0 Å². The third kappa shape index (κ3) is 3.17. The second-order valence-electron chi connectivity index (χ2n) is 5.29. The lowest BCUT2D eigenvalue weighted by Crippen LogP contribution is -2.55. The second kappa shape index (κ2) is 5.45. The van der Waals surface area contributed by atoms with Crippen LogP contribution in [0.25, 0.3) is 0 Å². The normalized spacial score (nSPS) is 35.6. The molecule has 4 heteroatoms. The summed E-state index contributed by atoms with van der Waals surface area (Å²) in [5.74, 6) is 0. The molecule has 2 fully saturated rings. The first kappa shape index (κ1) is 12.3. The summed E-state index contributed by atoms with van der Waals surface area (Å²) in [4.78, 5) is 0. The van der Waals surface area contributed by atoms with Gasteiger partial charge in [-0.15, -0.1) is 0 Å². The van der Waals surface area contributed by atoms with Crippen molar-refractivity contribution >= 4 is 0 Å². The highest BCUT2D eigenvalue weighted by molar-refractivity contribution is 4.93. The number of nitrogens with one attached hydrogen (secondary N) is 2. The quantitative estimate of drug-likeness (QED) is 0.648. The SMILES string of the molecule is CC(O)(CC1COCCN1)C1CCCCN1. The minimum atomic E-state index is -0.626. The van der Waals surface area contributed by atoms with Gasteiger partial charge >= 0.3 is 0 Å². The van der Waals surface area contributed by atoms with E-state index in [0.717, 1.165) is 39.1 Å². The third-order valence-corrected chi connectivity index (χ3v) is 3.72. The van der Waals surface area contributed by atoms with Gasteiger partial charge in [-0.25, -0.2) is 0 Å². The number of morpholine rings is 1. The molecule has 4 nitrogen and oxygen atoms in total. The molecule has 0 aliphatic carbocycles. The minimum absolute atomic E-state index is 0.241. The van der Waals surface area contributed by atoms with Crippen LogP contribution in [0.1, 0.15) is 32.6 Å². The van der Waals surface area contributed by atoms with Crippen LogP contribution in [0.3, 0.4) is 0 Å². The topological polar surface area (TPSA) is 53.5 Å². The van der Waals surface area contributed by atoms with Crippen LogP contribution in [0, 0.1) is 0 Å². The fourth-order valence-electron chi connectivity index (χ4n) is 2.77. The minimum Gasteiger partial charge on any atom is -0.388 e. The predicted molar refractivity (Wildman–Crippen MR) is 63.5 cm³/mol. The van der Waals surface area contributed by atoms with Gasteiger partial charge in [-0.1, -0.05) is 6.42 Å². The third-order valence-electron chi connectivity index (χ3n) is 3.72. The molecule has 2 saturated heterocycles. The number of hydrogen-bond donors (Lipinski definition) is 3. The Balaban J connectivity index is 1.84. The molecule has 2 aliphatic rings. The average molecular weight is 228 g/mol. The van der Waals surface area contributed by atoms with Crippen molar-refractivity contribution in [1.82, 2.24) is 10.6 Å². The summed E-state index contributed by atoms with van der Waals surface area (Å²) in [6.07, 6.45) is 4.31. The number of hydrogen-bond acceptors (Lipinski definition) is 4. The van der Waals surface area contributed by atoms with E-state index in [1.54, 1.807) is 0 Å². The zero-order valence-electron chi connectivity index (χ0n) is 10.2. The summed E-state index contributed by atoms with van der Waals surface area (Å²) < 4.78 is 5.42. The van der Waals surface area contributed by atoms with Gasteiger partial charge in [0.15, 0.2) is 0 Å². The molecule has 3 N–H and O–H groups in total. The highest BCUT2D eigenvalue weighted by Crippen LogP contribution is 2.24. The number of piperidine rings is 1. The molecule has 3 unspecified atom stereocenters. The van der Waals surface area contributed by atoms with Crippen LogP contribution in [-0.2, 0) is 4.74 Å². The maximum atomic E-state index is 10.5. The van der Waals surface area contributed by atoms with Crippen molar-refractivity contribution in [3.8, 4) is 0 Å². The summed E-state index contributed by atoms with van der Waals surface area (Å²) in [7, 11) is 0. The monoisotopic (exact) mass is 228 g/mol. The molecule has 2 rings (SSSR count). The van der Waals surface area contributed by atoms with E-state index >= 15 is 0 Å². The molecule has 0 amide bonds. The summed E-state index contributed by atoms with van der Waals surface area (Å²) in [5, 5.41) is 17.4. The van der Waals surface area contributed by atoms with Crippen LogP contribution in [0.4, 0.5) is 0 Å². The van der Waals surface area contributed by atoms with Gasteiger partial charge in [0.2, 0.25) is 0 Å². The van der Waals surface area contributed by atoms with Gasteiger partial charge in [-0.05, 0) is 32.7 Å². The molecule has 16 heavy (non-hydrogen) atoms. The van der Waals surface area contributed by atoms with Crippen molar-refractivity contribution in [2.75, 3.05) is 26.3 Å². The smallest absolute Gasteiger partial charge is 0.0787 e. The Morgan fingerprint density at radius 1 is 1.31 bits per heavy atom. The summed E-state index contributed by atoms with van der Waals surface area (Å²) in [6, 6.07) is 0.539. The van der Waals surface area contributed by atoms with E-state index in [1.165, 1.54) is 12.8 Å². The highest BCUT2D eigenvalue weighted by atomic mass is 16.5. The van der Waals surface area contributed by atoms with Crippen LogP contribution in [-0.4, -0.2) is 49.1 Å². The number of ether oxygens (including phenoxy) is 1. The lowest BCUT2D eigenvalue weighted by atomic mass is 9.84. The molecule has 0 saturated carbocycles. The Kier molecular flexibility index (Phi) is 4.19. The largest absolute Gasteiger partial charge is 0.388 e. The zero-order valence-corrected chi connectivity index (χ0v) is 10.2. The molecule has 0 aromatic rings. The number of rotatable bonds is 3. The first-order valence-corrected chi connectivity index (χ1v) is 6.45. The molecular weight excluding hydrogens is 204 g/mol. The first-order valence-electron chi connectivity index (χ1n) is 6.45. The Labute approximate surface area is 97.7 Å². The van der Waals surface area contributed by atoms with Crippen molar-refractivity contribution in [2.24, 2.45) is 0 Å². The van der Waals surface area contributed by atoms with Crippen molar-refractivity contribution in [3.63, 3.8) is 0 Å². The Morgan fingerprint density at radius 2 is 2.19 bits per heavy atom. The number of aliphatic hydroxyl groups is 1. The molecule has 2 heterocycles. The molecular formula is C12H24N2O2. The lowest BCUT2D eigenvalue weighted by Gasteiger charge is -2.39. The van der Waals surface area contributed by atoms with E-state index in [-0.39, 0.29) is 6.04 Å². The van der Waals surface area contributed by atoms with Crippen molar-refractivity contribution in [1.29, 1.82) is 0 Å². The van der Waals surface area contributed by atoms with E-state index in [1.807, 2.05) is 6.92 Å². The van der Waals surface area contributed by atoms with Gasteiger partial charge in [0.1, 0.15) is 0 Å². The predicted octanol–water partition coefficient (Wildman–Crippen LogP) is 0.258. The maximum Gasteiger partial charge on any atom is 0.0787 e. The summed E-state index contributed by atoms with van der Waals surface area (Å²) in [6.45, 7) is 5.41. The van der Waals surface area contributed by atoms with Gasteiger partial charge in [0, 0.05) is 18.6 Å². The van der Waals surface area contributed by atoms with Crippen LogP contribution < -0.4 is 10.6 Å².